The third-order valence-electron chi connectivity index (χ3n) is 5.82. The van der Waals surface area contributed by atoms with Crippen molar-refractivity contribution in [3.05, 3.63) is 81.2 Å². The minimum absolute atomic E-state index is 0.0584. The predicted octanol–water partition coefficient (Wildman–Crippen LogP) is 3.69. The molecule has 1 atom stereocenters. The number of anilines is 2. The van der Waals surface area contributed by atoms with Gasteiger partial charge in [-0.3, -0.25) is 29.8 Å². The van der Waals surface area contributed by atoms with E-state index in [0.717, 1.165) is 26.7 Å². The predicted molar refractivity (Wildman–Crippen MR) is 156 cm³/mol. The molecule has 6 N–H and O–H groups in total. The number of aryl methyl sites for hydroxylation is 1. The van der Waals surface area contributed by atoms with Crippen LogP contribution in [0.1, 0.15) is 35.7 Å². The van der Waals surface area contributed by atoms with E-state index < -0.39 is 17.4 Å². The molecule has 206 valence electrons. The molecule has 0 aliphatic carbocycles. The molecule has 0 saturated heterocycles. The third kappa shape index (κ3) is 6.58. The van der Waals surface area contributed by atoms with E-state index in [-0.39, 0.29) is 27.2 Å². The van der Waals surface area contributed by atoms with Crippen molar-refractivity contribution >= 4 is 67.1 Å². The van der Waals surface area contributed by atoms with Gasteiger partial charge < -0.3 is 16.4 Å². The number of hydrogen-bond donors (Lipinski definition) is 5. The fourth-order valence-corrected chi connectivity index (χ4v) is 5.66. The summed E-state index contributed by atoms with van der Waals surface area (Å²) in [5.74, 6) is 0.325. The van der Waals surface area contributed by atoms with Crippen molar-refractivity contribution in [3.8, 4) is 0 Å². The molecule has 11 nitrogen and oxygen atoms in total. The van der Waals surface area contributed by atoms with Crippen LogP contribution in [0.3, 0.4) is 0 Å². The van der Waals surface area contributed by atoms with E-state index >= 15 is 0 Å². The normalized spacial score (nSPS) is 13.6. The highest BCUT2D eigenvalue weighted by Gasteiger charge is 2.31. The Hall–Kier alpha value is -4.43. The summed E-state index contributed by atoms with van der Waals surface area (Å²) >= 11 is 2.48. The van der Waals surface area contributed by atoms with E-state index in [4.69, 9.17) is 16.6 Å². The zero-order chi connectivity index (χ0) is 28.8. The SMILES string of the molecule is CC(=N)SC(=N)c1ccccc1F.Nc1cc2sc(CNC(=O)C3CCc4ncc(NC=O)c(=O)n43)cc2cn1. The first-order chi connectivity index (χ1) is 19.2. The first-order valence-corrected chi connectivity index (χ1v) is 13.6. The van der Waals surface area contributed by atoms with Crippen molar-refractivity contribution in [2.24, 2.45) is 0 Å². The van der Waals surface area contributed by atoms with Gasteiger partial charge in [-0.25, -0.2) is 14.4 Å². The lowest BCUT2D eigenvalue weighted by atomic mass is 10.2. The van der Waals surface area contributed by atoms with Crippen LogP contribution in [0.5, 0.6) is 0 Å². The summed E-state index contributed by atoms with van der Waals surface area (Å²) in [7, 11) is 0. The molecular formula is C26H25FN8O3S2. The van der Waals surface area contributed by atoms with Crippen LogP contribution in [0.2, 0.25) is 0 Å². The number of pyridine rings is 1. The number of carbonyl (C=O) groups is 2. The van der Waals surface area contributed by atoms with Crippen LogP contribution in [-0.2, 0) is 22.6 Å². The molecule has 0 saturated carbocycles. The van der Waals surface area contributed by atoms with Crippen LogP contribution in [-0.4, -0.2) is 36.9 Å². The average Bonchev–Trinajstić information content (AvgIpc) is 3.53. The van der Waals surface area contributed by atoms with Crippen LogP contribution in [0.25, 0.3) is 10.1 Å². The van der Waals surface area contributed by atoms with Crippen LogP contribution >= 0.6 is 23.1 Å². The quantitative estimate of drug-likeness (QED) is 0.131. The molecule has 0 spiro atoms. The molecular weight excluding hydrogens is 555 g/mol. The number of benzene rings is 1. The second-order valence-corrected chi connectivity index (χ2v) is 11.0. The number of fused-ring (bicyclic) bond motifs is 2. The molecule has 1 aliphatic rings. The molecule has 2 amide bonds. The van der Waals surface area contributed by atoms with Crippen LogP contribution in [0.4, 0.5) is 15.9 Å². The Balaban J connectivity index is 0.000000240. The lowest BCUT2D eigenvalue weighted by Crippen LogP contribution is -2.36. The Morgan fingerprint density at radius 3 is 2.77 bits per heavy atom. The fraction of sp³-hybridized carbons (Fsp3) is 0.192. The zero-order valence-corrected chi connectivity index (χ0v) is 22.9. The van der Waals surface area contributed by atoms with Gasteiger partial charge in [0.1, 0.15) is 34.2 Å². The molecule has 0 bridgehead atoms. The Labute approximate surface area is 236 Å². The number of amides is 2. The molecule has 0 fully saturated rings. The number of nitrogen functional groups attached to an aromatic ring is 1. The van der Waals surface area contributed by atoms with Crippen molar-refractivity contribution in [1.82, 2.24) is 19.9 Å². The average molecular weight is 581 g/mol. The van der Waals surface area contributed by atoms with Crippen molar-refractivity contribution in [3.63, 3.8) is 0 Å². The van der Waals surface area contributed by atoms with Gasteiger partial charge in [0.25, 0.3) is 5.56 Å². The summed E-state index contributed by atoms with van der Waals surface area (Å²) in [6.45, 7) is 1.92. The summed E-state index contributed by atoms with van der Waals surface area (Å²) < 4.78 is 15.4. The molecule has 1 aromatic carbocycles. The second-order valence-electron chi connectivity index (χ2n) is 8.62. The zero-order valence-electron chi connectivity index (χ0n) is 21.2. The highest BCUT2D eigenvalue weighted by atomic mass is 32.2. The number of nitrogens with two attached hydrogens (primary N) is 1. The Kier molecular flexibility index (Phi) is 9.01. The number of carbonyl (C=O) groups excluding carboxylic acids is 2. The van der Waals surface area contributed by atoms with Crippen LogP contribution < -0.4 is 21.9 Å². The molecule has 4 heterocycles. The van der Waals surface area contributed by atoms with Crippen LogP contribution in [0, 0.1) is 16.6 Å². The summed E-state index contributed by atoms with van der Waals surface area (Å²) in [5, 5.41) is 21.2. The fourth-order valence-electron chi connectivity index (χ4n) is 4.05. The standard InChI is InChI=1S/C17H16N6O3S.C9H9FN2S/c18-14-4-13-9(5-19-14)3-10(27-13)6-21-16(25)12-1-2-15-20-7-11(22-8-24)17(26)23(12)15;1-6(11)13-9(12)7-4-2-3-5-8(7)10/h3-5,7-8,12H,1-2,6H2,(H2,18,19)(H,21,25)(H,22,24);2-5,11-12H,1H3. The lowest BCUT2D eigenvalue weighted by molar-refractivity contribution is -0.124. The van der Waals surface area contributed by atoms with Gasteiger partial charge >= 0.3 is 0 Å². The van der Waals surface area contributed by atoms with E-state index in [2.05, 4.69) is 20.6 Å². The topological polar surface area (TPSA) is 180 Å². The third-order valence-corrected chi connectivity index (χ3v) is 7.65. The van der Waals surface area contributed by atoms with Gasteiger partial charge in [-0.1, -0.05) is 23.9 Å². The van der Waals surface area contributed by atoms with Crippen molar-refractivity contribution in [1.29, 1.82) is 10.8 Å². The number of halogens is 1. The molecule has 40 heavy (non-hydrogen) atoms. The lowest BCUT2D eigenvalue weighted by Gasteiger charge is -2.14. The number of nitrogens with one attached hydrogen (secondary N) is 4. The van der Waals surface area contributed by atoms with Gasteiger partial charge in [0.2, 0.25) is 12.3 Å². The Bertz CT molecular complexity index is 1670. The minimum atomic E-state index is -0.639. The molecule has 1 aliphatic heterocycles. The maximum Gasteiger partial charge on any atom is 0.278 e. The van der Waals surface area contributed by atoms with Gasteiger partial charge in [-0.05, 0) is 37.6 Å². The highest BCUT2D eigenvalue weighted by Crippen LogP contribution is 2.27. The minimum Gasteiger partial charge on any atom is -0.384 e. The van der Waals surface area contributed by atoms with Gasteiger partial charge in [-0.2, -0.15) is 0 Å². The van der Waals surface area contributed by atoms with Gasteiger partial charge in [0.15, 0.2) is 0 Å². The first kappa shape index (κ1) is 28.6. The van der Waals surface area contributed by atoms with Gasteiger partial charge in [0, 0.05) is 33.1 Å². The van der Waals surface area contributed by atoms with E-state index in [1.807, 2.05) is 6.07 Å². The number of aromatic nitrogens is 3. The monoisotopic (exact) mass is 580 g/mol. The number of thioether (sulfide) groups is 1. The van der Waals surface area contributed by atoms with Crippen molar-refractivity contribution < 1.29 is 14.0 Å². The van der Waals surface area contributed by atoms with Crippen molar-refractivity contribution in [2.75, 3.05) is 11.1 Å². The molecule has 4 aromatic rings. The van der Waals surface area contributed by atoms with Gasteiger partial charge in [0.05, 0.1) is 17.8 Å². The largest absolute Gasteiger partial charge is 0.384 e. The second kappa shape index (κ2) is 12.6. The summed E-state index contributed by atoms with van der Waals surface area (Å²) in [5.41, 5.74) is 5.58. The van der Waals surface area contributed by atoms with E-state index in [9.17, 15) is 18.8 Å². The van der Waals surface area contributed by atoms with E-state index in [0.29, 0.717) is 37.4 Å². The molecule has 1 unspecified atom stereocenters. The summed E-state index contributed by atoms with van der Waals surface area (Å²) in [4.78, 5) is 45.0. The number of hydrogen-bond acceptors (Lipinski definition) is 10. The maximum absolute atomic E-state index is 13.1. The molecule has 3 aromatic heterocycles. The van der Waals surface area contributed by atoms with E-state index in [1.54, 1.807) is 31.3 Å². The number of nitrogens with zero attached hydrogens (tertiary/aromatic N) is 3. The molecule has 14 heteroatoms. The number of rotatable bonds is 6. The highest BCUT2D eigenvalue weighted by molar-refractivity contribution is 8.26. The molecule has 0 radical (unpaired) electrons. The van der Waals surface area contributed by atoms with Crippen molar-refractivity contribution in [2.45, 2.75) is 32.4 Å². The first-order valence-electron chi connectivity index (χ1n) is 12.0. The Morgan fingerprint density at radius 2 is 2.05 bits per heavy atom. The maximum atomic E-state index is 13.1. The number of thiophene rings is 1. The Morgan fingerprint density at radius 1 is 1.27 bits per heavy atom. The summed E-state index contributed by atoms with van der Waals surface area (Å²) in [6.07, 6.45) is 4.46. The van der Waals surface area contributed by atoms with E-state index in [1.165, 1.54) is 34.2 Å². The van der Waals surface area contributed by atoms with Crippen LogP contribution in [0.15, 0.2) is 53.6 Å². The van der Waals surface area contributed by atoms with Gasteiger partial charge in [-0.15, -0.1) is 11.3 Å². The smallest absolute Gasteiger partial charge is 0.278 e. The summed E-state index contributed by atoms with van der Waals surface area (Å²) in [6, 6.07) is 9.21. The molecule has 5 rings (SSSR count).